The van der Waals surface area contributed by atoms with Crippen LogP contribution in [0, 0.1) is 23.7 Å². The maximum Gasteiger partial charge on any atom is 0.319 e. The minimum Gasteiger partial charge on any atom is -0.480 e. The summed E-state index contributed by atoms with van der Waals surface area (Å²) in [6.45, 7) is 3.16. The number of carboxylic acid groups (broad SMARTS) is 1. The van der Waals surface area contributed by atoms with E-state index in [4.69, 9.17) is 5.11 Å². The lowest BCUT2D eigenvalue weighted by Gasteiger charge is -2.49. The summed E-state index contributed by atoms with van der Waals surface area (Å²) >= 11 is 2.94. The van der Waals surface area contributed by atoms with E-state index in [1.807, 2.05) is 0 Å². The number of hydrogen-bond donors (Lipinski definition) is 1. The average molecular weight is 303 g/mol. The van der Waals surface area contributed by atoms with Crippen LogP contribution in [0.1, 0.15) is 52.4 Å². The lowest BCUT2D eigenvalue weighted by Crippen LogP contribution is -2.38. The van der Waals surface area contributed by atoms with Crippen molar-refractivity contribution >= 4 is 21.9 Å². The van der Waals surface area contributed by atoms with Crippen molar-refractivity contribution in [3.8, 4) is 0 Å². The number of aliphatic carboxylic acids is 1. The summed E-state index contributed by atoms with van der Waals surface area (Å²) in [7, 11) is 0. The van der Waals surface area contributed by atoms with E-state index in [0.717, 1.165) is 0 Å². The van der Waals surface area contributed by atoms with Crippen molar-refractivity contribution in [2.75, 3.05) is 0 Å². The molecule has 4 rings (SSSR count). The van der Waals surface area contributed by atoms with E-state index in [1.54, 1.807) is 52.4 Å². The number of hydrogen-bond acceptors (Lipinski definition) is 1. The van der Waals surface area contributed by atoms with Gasteiger partial charge >= 0.3 is 5.97 Å². The Morgan fingerprint density at radius 3 is 1.24 bits per heavy atom. The average Bonchev–Trinajstić information content (AvgIpc) is 2.14. The minimum absolute atomic E-state index is 0.771. The van der Waals surface area contributed by atoms with Gasteiger partial charge < -0.3 is 5.11 Å². The maximum absolute atomic E-state index is 9.97. The van der Waals surface area contributed by atoms with Gasteiger partial charge in [-0.3, -0.25) is 4.79 Å². The lowest BCUT2D eigenvalue weighted by molar-refractivity contribution is -0.138. The second-order valence-electron chi connectivity index (χ2n) is 6.66. The van der Waals surface area contributed by atoms with Crippen LogP contribution in [0.3, 0.4) is 0 Å². The highest BCUT2D eigenvalue weighted by Crippen LogP contribution is 2.53. The molecule has 1 N–H and O–H groups in total. The molecular formula is C14H23BrO2. The van der Waals surface area contributed by atoms with Gasteiger partial charge in [0.15, 0.2) is 0 Å². The van der Waals surface area contributed by atoms with Gasteiger partial charge in [0.2, 0.25) is 0 Å². The minimum atomic E-state index is -0.840. The normalized spacial score (nSPS) is 38.5. The first-order chi connectivity index (χ1) is 7.84. The van der Waals surface area contributed by atoms with Gasteiger partial charge in [0.1, 0.15) is 4.32 Å². The first kappa shape index (κ1) is 13.4. The second-order valence-corrected chi connectivity index (χ2v) is 8.64. The summed E-state index contributed by atoms with van der Waals surface area (Å²) in [5.41, 5.74) is 0. The zero-order valence-electron chi connectivity index (χ0n) is 10.8. The molecule has 0 spiro atoms. The highest BCUT2D eigenvalue weighted by Gasteiger charge is 2.41. The summed E-state index contributed by atoms with van der Waals surface area (Å²) in [6.07, 6.45) is 9.62. The maximum atomic E-state index is 9.97. The molecule has 98 valence electrons. The van der Waals surface area contributed by atoms with Gasteiger partial charge in [-0.25, -0.2) is 0 Å². The van der Waals surface area contributed by atoms with Crippen LogP contribution in [0.15, 0.2) is 0 Å². The van der Waals surface area contributed by atoms with Gasteiger partial charge in [-0.2, -0.15) is 0 Å². The van der Waals surface area contributed by atoms with E-state index >= 15 is 0 Å². The molecule has 3 heteroatoms. The standard InChI is InChI=1S/C10H16.C4H7BrO2/c1-7-2-9-4-8(1)5-10(3-7)6-9;1-4(2,5)3(6)7/h7-10H,1-6H2;1-2H3,(H,6,7). The molecule has 0 unspecified atom stereocenters. The van der Waals surface area contributed by atoms with Crippen molar-refractivity contribution in [2.24, 2.45) is 23.7 Å². The van der Waals surface area contributed by atoms with Crippen LogP contribution in [0.2, 0.25) is 0 Å². The van der Waals surface area contributed by atoms with Gasteiger partial charge in [0.05, 0.1) is 0 Å². The van der Waals surface area contributed by atoms with Crippen molar-refractivity contribution in [2.45, 2.75) is 56.7 Å². The molecule has 0 radical (unpaired) electrons. The number of rotatable bonds is 1. The molecule has 0 aromatic carbocycles. The summed E-state index contributed by atoms with van der Waals surface area (Å²) in [4.78, 5) is 9.97. The van der Waals surface area contributed by atoms with Gasteiger partial charge in [-0.05, 0) is 76.0 Å². The van der Waals surface area contributed by atoms with Crippen LogP contribution in [-0.2, 0) is 4.79 Å². The molecule has 0 atom stereocenters. The molecule has 17 heavy (non-hydrogen) atoms. The molecule has 2 nitrogen and oxygen atoms in total. The summed E-state index contributed by atoms with van der Waals surface area (Å²) in [5, 5.41) is 8.20. The van der Waals surface area contributed by atoms with Gasteiger partial charge in [-0.15, -0.1) is 0 Å². The van der Waals surface area contributed by atoms with E-state index in [9.17, 15) is 4.79 Å². The first-order valence-corrected chi connectivity index (χ1v) is 7.56. The highest BCUT2D eigenvalue weighted by molar-refractivity contribution is 9.10. The van der Waals surface area contributed by atoms with Crippen LogP contribution in [0.5, 0.6) is 0 Å². The Bertz CT molecular complexity index is 237. The van der Waals surface area contributed by atoms with Crippen LogP contribution in [0.4, 0.5) is 0 Å². The number of halogens is 1. The molecule has 4 bridgehead atoms. The van der Waals surface area contributed by atoms with Gasteiger partial charge in [-0.1, -0.05) is 15.9 Å². The summed E-state index contributed by atoms with van der Waals surface area (Å²) < 4.78 is -0.771. The molecule has 0 aromatic rings. The number of alkyl halides is 1. The molecule has 0 saturated heterocycles. The fourth-order valence-corrected chi connectivity index (χ4v) is 3.98. The Morgan fingerprint density at radius 1 is 0.941 bits per heavy atom. The Labute approximate surface area is 112 Å². The van der Waals surface area contributed by atoms with Gasteiger partial charge in [0.25, 0.3) is 0 Å². The Morgan fingerprint density at radius 2 is 1.12 bits per heavy atom. The third kappa shape index (κ3) is 3.46. The molecule has 0 aliphatic heterocycles. The smallest absolute Gasteiger partial charge is 0.319 e. The van der Waals surface area contributed by atoms with Crippen molar-refractivity contribution in [3.05, 3.63) is 0 Å². The van der Waals surface area contributed by atoms with Crippen molar-refractivity contribution in [3.63, 3.8) is 0 Å². The zero-order valence-corrected chi connectivity index (χ0v) is 12.4. The van der Waals surface area contributed by atoms with Crippen LogP contribution in [0.25, 0.3) is 0 Å². The number of carboxylic acids is 1. The van der Waals surface area contributed by atoms with Gasteiger partial charge in [0, 0.05) is 0 Å². The Hall–Kier alpha value is -0.0500. The molecule has 4 saturated carbocycles. The number of carbonyl (C=O) groups is 1. The van der Waals surface area contributed by atoms with Crippen molar-refractivity contribution < 1.29 is 9.90 Å². The quantitative estimate of drug-likeness (QED) is 0.741. The SMILES string of the molecule is C1C2CC3CC1CC(C2)C3.CC(C)(Br)C(=O)O. The van der Waals surface area contributed by atoms with E-state index < -0.39 is 10.3 Å². The summed E-state index contributed by atoms with van der Waals surface area (Å²) in [5.74, 6) is 3.87. The Balaban J connectivity index is 0.000000139. The molecule has 0 amide bonds. The molecular weight excluding hydrogens is 280 g/mol. The van der Waals surface area contributed by atoms with Crippen LogP contribution < -0.4 is 0 Å². The third-order valence-corrected chi connectivity index (χ3v) is 4.85. The third-order valence-electron chi connectivity index (χ3n) is 4.51. The fourth-order valence-electron chi connectivity index (χ4n) is 3.98. The van der Waals surface area contributed by atoms with Crippen LogP contribution >= 0.6 is 15.9 Å². The molecule has 4 aliphatic rings. The van der Waals surface area contributed by atoms with Crippen molar-refractivity contribution in [1.82, 2.24) is 0 Å². The topological polar surface area (TPSA) is 37.3 Å². The molecule has 4 aliphatic carbocycles. The molecule has 0 aromatic heterocycles. The van der Waals surface area contributed by atoms with E-state index in [1.165, 1.54) is 23.7 Å². The Kier molecular flexibility index (Phi) is 3.86. The van der Waals surface area contributed by atoms with E-state index in [0.29, 0.717) is 0 Å². The lowest BCUT2D eigenvalue weighted by atomic mass is 9.56. The monoisotopic (exact) mass is 302 g/mol. The zero-order chi connectivity index (χ0) is 12.6. The highest BCUT2D eigenvalue weighted by atomic mass is 79.9. The predicted molar refractivity (Wildman–Crippen MR) is 72.3 cm³/mol. The van der Waals surface area contributed by atoms with E-state index in [2.05, 4.69) is 15.9 Å². The summed E-state index contributed by atoms with van der Waals surface area (Å²) in [6, 6.07) is 0. The largest absolute Gasteiger partial charge is 0.480 e. The predicted octanol–water partition coefficient (Wildman–Crippen LogP) is 4.08. The van der Waals surface area contributed by atoms with Crippen molar-refractivity contribution in [1.29, 1.82) is 0 Å². The fraction of sp³-hybridized carbons (Fsp3) is 0.929. The van der Waals surface area contributed by atoms with E-state index in [-0.39, 0.29) is 0 Å². The molecule has 0 heterocycles. The molecule has 4 fully saturated rings. The second kappa shape index (κ2) is 4.91. The van der Waals surface area contributed by atoms with Crippen LogP contribution in [-0.4, -0.2) is 15.4 Å². The first-order valence-electron chi connectivity index (χ1n) is 6.77.